The van der Waals surface area contributed by atoms with Gasteiger partial charge in [0, 0.05) is 28.2 Å². The Bertz CT molecular complexity index is 538. The maximum Gasteiger partial charge on any atom is 0.414 e. The molecule has 2 amide bonds. The molecule has 1 aromatic carbocycles. The standard InChI is InChI=1S/C12H12Cl4N2O4/c1-17(2)11(19)21-9-5(13)7(15)10(8(16)6(9)14)22-12(20)18(3)4/h1-4H3. The van der Waals surface area contributed by atoms with E-state index in [0.717, 1.165) is 9.80 Å². The largest absolute Gasteiger partial charge is 0.414 e. The van der Waals surface area contributed by atoms with E-state index in [1.54, 1.807) is 0 Å². The Labute approximate surface area is 147 Å². The van der Waals surface area contributed by atoms with Crippen LogP contribution in [0.1, 0.15) is 0 Å². The Morgan fingerprint density at radius 1 is 0.682 bits per heavy atom. The first-order valence-electron chi connectivity index (χ1n) is 5.72. The van der Waals surface area contributed by atoms with Crippen LogP contribution in [0.15, 0.2) is 0 Å². The number of hydrogen-bond donors (Lipinski definition) is 0. The van der Waals surface area contributed by atoms with Gasteiger partial charge in [-0.25, -0.2) is 9.59 Å². The summed E-state index contributed by atoms with van der Waals surface area (Å²) in [7, 11) is 5.89. The number of amides is 2. The fourth-order valence-electron chi connectivity index (χ4n) is 1.13. The summed E-state index contributed by atoms with van der Waals surface area (Å²) < 4.78 is 10.0. The number of carbonyl (C=O) groups excluding carboxylic acids is 2. The third-order valence-electron chi connectivity index (χ3n) is 2.29. The van der Waals surface area contributed by atoms with Crippen molar-refractivity contribution in [2.45, 2.75) is 0 Å². The monoisotopic (exact) mass is 388 g/mol. The molecule has 0 aliphatic carbocycles. The van der Waals surface area contributed by atoms with Crippen molar-refractivity contribution in [1.82, 2.24) is 9.80 Å². The molecule has 0 fully saturated rings. The predicted octanol–water partition coefficient (Wildman–Crippen LogP) is 4.42. The minimum atomic E-state index is -0.728. The van der Waals surface area contributed by atoms with Crippen LogP contribution in [-0.4, -0.2) is 50.2 Å². The smallest absolute Gasteiger partial charge is 0.407 e. The first-order chi connectivity index (χ1) is 10.1. The van der Waals surface area contributed by atoms with Crippen molar-refractivity contribution >= 4 is 58.6 Å². The minimum absolute atomic E-state index is 0.201. The van der Waals surface area contributed by atoms with Crippen LogP contribution in [-0.2, 0) is 0 Å². The normalized spacial score (nSPS) is 10.2. The molecule has 0 saturated carbocycles. The second kappa shape index (κ2) is 7.46. The van der Waals surface area contributed by atoms with Crippen molar-refractivity contribution in [3.05, 3.63) is 20.1 Å². The van der Waals surface area contributed by atoms with Gasteiger partial charge in [0.25, 0.3) is 0 Å². The SMILES string of the molecule is CN(C)C(=O)Oc1c(Cl)c(Cl)c(OC(=O)N(C)C)c(Cl)c1Cl. The zero-order valence-corrected chi connectivity index (χ0v) is 15.1. The molecule has 0 bridgehead atoms. The van der Waals surface area contributed by atoms with Gasteiger partial charge in [-0.2, -0.15) is 0 Å². The van der Waals surface area contributed by atoms with Crippen molar-refractivity contribution in [2.24, 2.45) is 0 Å². The molecule has 0 aliphatic heterocycles. The molecule has 10 heteroatoms. The molecule has 0 aromatic heterocycles. The van der Waals surface area contributed by atoms with Gasteiger partial charge in [0.05, 0.1) is 0 Å². The molecular formula is C12H12Cl4N2O4. The molecule has 6 nitrogen and oxygen atoms in total. The van der Waals surface area contributed by atoms with E-state index >= 15 is 0 Å². The number of benzene rings is 1. The number of hydrogen-bond acceptors (Lipinski definition) is 4. The summed E-state index contributed by atoms with van der Waals surface area (Å²) >= 11 is 24.0. The van der Waals surface area contributed by atoms with Gasteiger partial charge >= 0.3 is 12.2 Å². The summed E-state index contributed by atoms with van der Waals surface area (Å²) in [6.45, 7) is 0. The van der Waals surface area contributed by atoms with E-state index < -0.39 is 12.2 Å². The highest BCUT2D eigenvalue weighted by molar-refractivity contribution is 6.50. The first kappa shape index (κ1) is 19.0. The third kappa shape index (κ3) is 4.01. The molecule has 0 radical (unpaired) electrons. The van der Waals surface area contributed by atoms with Crippen molar-refractivity contribution in [2.75, 3.05) is 28.2 Å². The van der Waals surface area contributed by atoms with Gasteiger partial charge in [0.15, 0.2) is 11.5 Å². The molecule has 0 aliphatic rings. The lowest BCUT2D eigenvalue weighted by molar-refractivity contribution is 0.169. The van der Waals surface area contributed by atoms with Crippen molar-refractivity contribution in [1.29, 1.82) is 0 Å². The van der Waals surface area contributed by atoms with E-state index in [-0.39, 0.29) is 31.6 Å². The number of ether oxygens (including phenoxy) is 2. The third-order valence-corrected chi connectivity index (χ3v) is 3.93. The lowest BCUT2D eigenvalue weighted by Gasteiger charge is -2.18. The van der Waals surface area contributed by atoms with E-state index in [4.69, 9.17) is 55.9 Å². The summed E-state index contributed by atoms with van der Waals surface area (Å²) in [6, 6.07) is 0. The fourth-order valence-corrected chi connectivity index (χ4v) is 2.10. The topological polar surface area (TPSA) is 59.1 Å². The molecule has 0 atom stereocenters. The molecule has 0 heterocycles. The first-order valence-corrected chi connectivity index (χ1v) is 7.23. The van der Waals surface area contributed by atoms with E-state index in [1.807, 2.05) is 0 Å². The van der Waals surface area contributed by atoms with Crippen LogP contribution < -0.4 is 9.47 Å². The van der Waals surface area contributed by atoms with E-state index in [9.17, 15) is 9.59 Å². The van der Waals surface area contributed by atoms with Crippen LogP contribution in [0, 0.1) is 0 Å². The highest BCUT2D eigenvalue weighted by Gasteiger charge is 2.26. The van der Waals surface area contributed by atoms with E-state index in [1.165, 1.54) is 28.2 Å². The number of rotatable bonds is 2. The molecule has 22 heavy (non-hydrogen) atoms. The van der Waals surface area contributed by atoms with Gasteiger partial charge in [0.2, 0.25) is 0 Å². The molecule has 0 N–H and O–H groups in total. The quantitative estimate of drug-likeness (QED) is 0.702. The van der Waals surface area contributed by atoms with Crippen LogP contribution in [0.2, 0.25) is 20.1 Å². The summed E-state index contributed by atoms with van der Waals surface area (Å²) in [5.74, 6) is -0.441. The van der Waals surface area contributed by atoms with E-state index in [0.29, 0.717) is 0 Å². The maximum atomic E-state index is 11.6. The number of carbonyl (C=O) groups is 2. The molecule has 1 aromatic rings. The van der Waals surface area contributed by atoms with Crippen LogP contribution in [0.4, 0.5) is 9.59 Å². The van der Waals surface area contributed by atoms with Gasteiger partial charge in [-0.05, 0) is 0 Å². The van der Waals surface area contributed by atoms with Gasteiger partial charge in [-0.3, -0.25) is 0 Å². The van der Waals surface area contributed by atoms with Crippen molar-refractivity contribution < 1.29 is 19.1 Å². The molecule has 122 valence electrons. The second-order valence-electron chi connectivity index (χ2n) is 4.44. The average molecular weight is 390 g/mol. The maximum absolute atomic E-state index is 11.6. The van der Waals surface area contributed by atoms with Crippen LogP contribution >= 0.6 is 46.4 Å². The molecular weight excluding hydrogens is 378 g/mol. The summed E-state index contributed by atoms with van der Waals surface area (Å²) in [5, 5.41) is -0.804. The highest BCUT2D eigenvalue weighted by atomic mass is 35.5. The van der Waals surface area contributed by atoms with Gasteiger partial charge in [-0.1, -0.05) is 46.4 Å². The number of nitrogens with zero attached hydrogens (tertiary/aromatic N) is 2. The zero-order valence-electron chi connectivity index (χ0n) is 12.0. The molecule has 0 saturated heterocycles. The molecule has 0 spiro atoms. The van der Waals surface area contributed by atoms with Gasteiger partial charge < -0.3 is 19.3 Å². The fraction of sp³-hybridized carbons (Fsp3) is 0.333. The summed E-state index contributed by atoms with van der Waals surface area (Å²) in [5.41, 5.74) is 0. The lowest BCUT2D eigenvalue weighted by Crippen LogP contribution is -2.26. The summed E-state index contributed by atoms with van der Waals surface area (Å²) in [6.07, 6.45) is -1.46. The Hall–Kier alpha value is -1.08. The van der Waals surface area contributed by atoms with Gasteiger partial charge in [-0.15, -0.1) is 0 Å². The van der Waals surface area contributed by atoms with Crippen molar-refractivity contribution in [3.8, 4) is 11.5 Å². The average Bonchev–Trinajstić information content (AvgIpc) is 2.45. The van der Waals surface area contributed by atoms with Crippen LogP contribution in [0.3, 0.4) is 0 Å². The Kier molecular flexibility index (Phi) is 6.43. The Balaban J connectivity index is 3.32. The zero-order chi connectivity index (χ0) is 17.2. The Morgan fingerprint density at radius 3 is 1.09 bits per heavy atom. The van der Waals surface area contributed by atoms with E-state index in [2.05, 4.69) is 0 Å². The molecule has 0 unspecified atom stereocenters. The lowest BCUT2D eigenvalue weighted by atomic mass is 10.3. The van der Waals surface area contributed by atoms with Crippen LogP contribution in [0.5, 0.6) is 11.5 Å². The van der Waals surface area contributed by atoms with Gasteiger partial charge in [0.1, 0.15) is 20.1 Å². The summed E-state index contributed by atoms with van der Waals surface area (Å²) in [4.78, 5) is 25.5. The van der Waals surface area contributed by atoms with Crippen molar-refractivity contribution in [3.63, 3.8) is 0 Å². The predicted molar refractivity (Wildman–Crippen MR) is 85.9 cm³/mol. The number of halogens is 4. The van der Waals surface area contributed by atoms with Crippen LogP contribution in [0.25, 0.3) is 0 Å². The molecule has 1 rings (SSSR count). The highest BCUT2D eigenvalue weighted by Crippen LogP contribution is 2.50. The Morgan fingerprint density at radius 2 is 0.909 bits per heavy atom. The minimum Gasteiger partial charge on any atom is -0.407 e. The second-order valence-corrected chi connectivity index (χ2v) is 5.95.